The van der Waals surface area contributed by atoms with Gasteiger partial charge < -0.3 is 8.97 Å². The molecule has 3 heterocycles. The van der Waals surface area contributed by atoms with E-state index in [1.54, 1.807) is 0 Å². The van der Waals surface area contributed by atoms with Crippen molar-refractivity contribution < 1.29 is 0 Å². The van der Waals surface area contributed by atoms with Crippen LogP contribution >= 0.6 is 0 Å². The molecule has 10 rings (SSSR count). The summed E-state index contributed by atoms with van der Waals surface area (Å²) in [5.74, 6) is 0. The van der Waals surface area contributed by atoms with E-state index >= 15 is 0 Å². The molecule has 0 spiro atoms. The van der Waals surface area contributed by atoms with Crippen molar-refractivity contribution in [1.82, 2.24) is 8.97 Å². The van der Waals surface area contributed by atoms with Gasteiger partial charge in [-0.05, 0) is 34.4 Å². The second-order valence-electron chi connectivity index (χ2n) is 10.9. The number of fused-ring (bicyclic) bond motifs is 14. The van der Waals surface area contributed by atoms with Crippen molar-refractivity contribution in [3.63, 3.8) is 0 Å². The monoisotopic (exact) mass is 506 g/mol. The molecule has 7 aromatic carbocycles. The van der Waals surface area contributed by atoms with Gasteiger partial charge in [-0.25, -0.2) is 0 Å². The van der Waals surface area contributed by atoms with Crippen LogP contribution in [-0.2, 0) is 0 Å². The van der Waals surface area contributed by atoms with Gasteiger partial charge in [0.2, 0.25) is 0 Å². The predicted octanol–water partition coefficient (Wildman–Crippen LogP) is 10.2. The highest BCUT2D eigenvalue weighted by atomic mass is 15.0. The van der Waals surface area contributed by atoms with Crippen LogP contribution < -0.4 is 0 Å². The number of para-hydroxylation sites is 3. The van der Waals surface area contributed by atoms with E-state index in [2.05, 4.69) is 142 Å². The van der Waals surface area contributed by atoms with Crippen molar-refractivity contribution in [2.75, 3.05) is 0 Å². The Kier molecular flexibility index (Phi) is 3.70. The van der Waals surface area contributed by atoms with E-state index in [9.17, 15) is 0 Å². The Morgan fingerprint density at radius 2 is 0.875 bits per heavy atom. The number of rotatable bonds is 1. The summed E-state index contributed by atoms with van der Waals surface area (Å²) in [5, 5.41) is 13.0. The molecule has 0 N–H and O–H groups in total. The molecule has 0 unspecified atom stereocenters. The van der Waals surface area contributed by atoms with Crippen LogP contribution in [0.25, 0.3) is 87.1 Å². The molecule has 10 aromatic rings. The van der Waals surface area contributed by atoms with E-state index < -0.39 is 0 Å². The molecule has 0 fully saturated rings. The smallest absolute Gasteiger partial charge is 0.0795 e. The van der Waals surface area contributed by atoms with Gasteiger partial charge in [-0.3, -0.25) is 0 Å². The highest BCUT2D eigenvalue weighted by molar-refractivity contribution is 6.38. The van der Waals surface area contributed by atoms with Crippen molar-refractivity contribution in [3.05, 3.63) is 133 Å². The van der Waals surface area contributed by atoms with Crippen LogP contribution in [0.15, 0.2) is 133 Å². The minimum atomic E-state index is 1.21. The lowest BCUT2D eigenvalue weighted by Gasteiger charge is -2.13. The van der Waals surface area contributed by atoms with Crippen molar-refractivity contribution >= 4 is 81.4 Å². The van der Waals surface area contributed by atoms with Gasteiger partial charge in [-0.2, -0.15) is 0 Å². The number of hydrogen-bond donors (Lipinski definition) is 0. The van der Waals surface area contributed by atoms with Crippen molar-refractivity contribution in [1.29, 1.82) is 0 Å². The summed E-state index contributed by atoms with van der Waals surface area (Å²) in [4.78, 5) is 0. The van der Waals surface area contributed by atoms with E-state index in [0.717, 1.165) is 0 Å². The Bertz CT molecular complexity index is 2640. The Morgan fingerprint density at radius 1 is 0.325 bits per heavy atom. The lowest BCUT2D eigenvalue weighted by Crippen LogP contribution is -1.97. The summed E-state index contributed by atoms with van der Waals surface area (Å²) in [5.41, 5.74) is 7.57. The van der Waals surface area contributed by atoms with Gasteiger partial charge in [0, 0.05) is 37.7 Å². The van der Waals surface area contributed by atoms with E-state index in [1.165, 1.54) is 87.1 Å². The second-order valence-corrected chi connectivity index (χ2v) is 10.9. The molecule has 0 aliphatic carbocycles. The molecule has 0 amide bonds. The number of benzene rings is 7. The van der Waals surface area contributed by atoms with Crippen LogP contribution in [0.2, 0.25) is 0 Å². The molecule has 0 aliphatic heterocycles. The summed E-state index contributed by atoms with van der Waals surface area (Å²) >= 11 is 0. The first kappa shape index (κ1) is 20.6. The van der Waals surface area contributed by atoms with Gasteiger partial charge in [-0.1, -0.05) is 115 Å². The predicted molar refractivity (Wildman–Crippen MR) is 170 cm³/mol. The Hall–Kier alpha value is -5.34. The zero-order valence-corrected chi connectivity index (χ0v) is 21.6. The zero-order valence-electron chi connectivity index (χ0n) is 21.6. The minimum absolute atomic E-state index is 1.21. The third-order valence-corrected chi connectivity index (χ3v) is 9.00. The van der Waals surface area contributed by atoms with Gasteiger partial charge in [0.1, 0.15) is 0 Å². The second kappa shape index (κ2) is 7.19. The lowest BCUT2D eigenvalue weighted by molar-refractivity contribution is 1.20. The summed E-state index contributed by atoms with van der Waals surface area (Å²) in [6.45, 7) is 0. The first-order valence-corrected chi connectivity index (χ1v) is 13.9. The van der Waals surface area contributed by atoms with E-state index in [0.29, 0.717) is 0 Å². The Balaban J connectivity index is 1.63. The van der Waals surface area contributed by atoms with E-state index in [-0.39, 0.29) is 0 Å². The van der Waals surface area contributed by atoms with Crippen molar-refractivity contribution in [2.45, 2.75) is 0 Å². The Morgan fingerprint density at radius 3 is 1.70 bits per heavy atom. The molecular formula is C38H22N2. The topological polar surface area (TPSA) is 9.34 Å². The van der Waals surface area contributed by atoms with Gasteiger partial charge in [0.15, 0.2) is 0 Å². The van der Waals surface area contributed by atoms with Crippen molar-refractivity contribution in [3.8, 4) is 5.69 Å². The average Bonchev–Trinajstić information content (AvgIpc) is 3.66. The molecule has 40 heavy (non-hydrogen) atoms. The van der Waals surface area contributed by atoms with Crippen LogP contribution in [0.5, 0.6) is 0 Å². The molecule has 184 valence electrons. The van der Waals surface area contributed by atoms with Crippen LogP contribution in [0.1, 0.15) is 0 Å². The molecule has 0 aliphatic rings. The minimum Gasteiger partial charge on any atom is -0.307 e. The lowest BCUT2D eigenvalue weighted by atomic mass is 9.98. The van der Waals surface area contributed by atoms with Crippen LogP contribution in [-0.4, -0.2) is 8.97 Å². The fraction of sp³-hybridized carbons (Fsp3) is 0. The van der Waals surface area contributed by atoms with Gasteiger partial charge in [-0.15, -0.1) is 0 Å². The number of aromatic nitrogens is 2. The highest BCUT2D eigenvalue weighted by Gasteiger charge is 2.25. The molecule has 0 saturated carbocycles. The summed E-state index contributed by atoms with van der Waals surface area (Å²) in [7, 11) is 0. The van der Waals surface area contributed by atoms with Gasteiger partial charge in [0.05, 0.1) is 33.3 Å². The van der Waals surface area contributed by atoms with E-state index in [1.807, 2.05) is 0 Å². The molecule has 0 atom stereocenters. The third kappa shape index (κ3) is 2.33. The number of hydrogen-bond acceptors (Lipinski definition) is 0. The average molecular weight is 507 g/mol. The van der Waals surface area contributed by atoms with Crippen LogP contribution in [0.4, 0.5) is 0 Å². The van der Waals surface area contributed by atoms with Crippen molar-refractivity contribution in [2.24, 2.45) is 0 Å². The summed E-state index contributed by atoms with van der Waals surface area (Å²) in [6, 6.07) is 49.0. The maximum atomic E-state index is 2.55. The standard InChI is InChI=1S/C38H22N2/c1-2-13-24-23(11-1)12-9-22-31(24)39-33-21-8-6-17-29(33)34-26-15-3-4-16-27(26)35-30-19-10-18-28-25-14-5-7-20-32(25)40(36(28)30)38(35)37(34)39/h1-22H. The molecule has 2 nitrogen and oxygen atoms in total. The maximum Gasteiger partial charge on any atom is 0.0795 e. The molecule has 0 radical (unpaired) electrons. The van der Waals surface area contributed by atoms with Crippen LogP contribution in [0.3, 0.4) is 0 Å². The van der Waals surface area contributed by atoms with E-state index in [4.69, 9.17) is 0 Å². The molecule has 0 saturated heterocycles. The first-order chi connectivity index (χ1) is 19.9. The molecule has 2 heteroatoms. The Labute approximate surface area is 229 Å². The van der Waals surface area contributed by atoms with Crippen LogP contribution in [0, 0.1) is 0 Å². The fourth-order valence-electron chi connectivity index (χ4n) is 7.50. The summed E-state index contributed by atoms with van der Waals surface area (Å²) in [6.07, 6.45) is 0. The third-order valence-electron chi connectivity index (χ3n) is 9.00. The SMILES string of the molecule is c1ccc2c(-n3c4ccccc4c4c5ccccc5c5c6cccc7c8ccccc8n(c76)c5c43)cccc2c1. The quantitative estimate of drug-likeness (QED) is 0.209. The fourth-order valence-corrected chi connectivity index (χ4v) is 7.50. The van der Waals surface area contributed by atoms with Gasteiger partial charge >= 0.3 is 0 Å². The number of nitrogens with zero attached hydrogens (tertiary/aromatic N) is 2. The zero-order chi connectivity index (χ0) is 25.9. The summed E-state index contributed by atoms with van der Waals surface area (Å²) < 4.78 is 5.08. The highest BCUT2D eigenvalue weighted by Crippen LogP contribution is 2.48. The maximum absolute atomic E-state index is 2.55. The molecular weight excluding hydrogens is 484 g/mol. The molecule has 3 aromatic heterocycles. The normalized spacial score (nSPS) is 12.5. The van der Waals surface area contributed by atoms with Gasteiger partial charge in [0.25, 0.3) is 0 Å². The first-order valence-electron chi connectivity index (χ1n) is 13.9. The molecule has 0 bridgehead atoms. The largest absolute Gasteiger partial charge is 0.307 e.